The van der Waals surface area contributed by atoms with Crippen LogP contribution in [0.3, 0.4) is 0 Å². The lowest BCUT2D eigenvalue weighted by atomic mass is 10.0. The van der Waals surface area contributed by atoms with E-state index in [0.29, 0.717) is 27.9 Å². The number of anilines is 1. The summed E-state index contributed by atoms with van der Waals surface area (Å²) in [5, 5.41) is 6.53. The number of nitrogens with zero attached hydrogens (tertiary/aromatic N) is 4. The van der Waals surface area contributed by atoms with Crippen molar-refractivity contribution >= 4 is 27.6 Å². The quantitative estimate of drug-likeness (QED) is 0.586. The maximum Gasteiger partial charge on any atom is 0.165 e. The van der Waals surface area contributed by atoms with Gasteiger partial charge in [0.2, 0.25) is 0 Å². The maximum atomic E-state index is 14.2. The molecule has 4 aromatic rings. The lowest BCUT2D eigenvalue weighted by molar-refractivity contribution is 0.343. The highest BCUT2D eigenvalue weighted by molar-refractivity contribution is 6.06. The highest BCUT2D eigenvalue weighted by Crippen LogP contribution is 2.36. The Morgan fingerprint density at radius 3 is 2.48 bits per heavy atom. The van der Waals surface area contributed by atoms with Crippen molar-refractivity contribution in [2.24, 2.45) is 5.73 Å². The Morgan fingerprint density at radius 1 is 1.04 bits per heavy atom. The fraction of sp³-hybridized carbons (Fsp3) is 0.167. The minimum atomic E-state index is -0.785. The van der Waals surface area contributed by atoms with Crippen molar-refractivity contribution in [1.82, 2.24) is 19.7 Å². The monoisotopic (exact) mass is 336 g/mol. The Kier molecular flexibility index (Phi) is 3.23. The van der Waals surface area contributed by atoms with Crippen LogP contribution in [0.5, 0.6) is 0 Å². The van der Waals surface area contributed by atoms with E-state index in [2.05, 4.69) is 15.1 Å². The van der Waals surface area contributed by atoms with Gasteiger partial charge in [0.05, 0.1) is 5.39 Å². The number of nitrogen functional groups attached to an aromatic ring is 1. The summed E-state index contributed by atoms with van der Waals surface area (Å²) >= 11 is 0. The summed E-state index contributed by atoms with van der Waals surface area (Å²) in [6, 6.07) is 10.4. The molecule has 2 aromatic carbocycles. The SMILES string of the molecule is CC(C)(N)n1nc(-c2ccc(F)c3ccccc23)c2c(N)ncnc21. The van der Waals surface area contributed by atoms with Crippen LogP contribution in [0.25, 0.3) is 33.1 Å². The molecule has 2 heterocycles. The van der Waals surface area contributed by atoms with Crippen LogP contribution >= 0.6 is 0 Å². The van der Waals surface area contributed by atoms with Crippen molar-refractivity contribution < 1.29 is 4.39 Å². The van der Waals surface area contributed by atoms with Gasteiger partial charge < -0.3 is 11.5 Å². The molecular weight excluding hydrogens is 319 g/mol. The van der Waals surface area contributed by atoms with Crippen molar-refractivity contribution in [2.75, 3.05) is 5.73 Å². The van der Waals surface area contributed by atoms with Gasteiger partial charge >= 0.3 is 0 Å². The molecule has 4 rings (SSSR count). The van der Waals surface area contributed by atoms with Gasteiger partial charge in [0.25, 0.3) is 0 Å². The number of aromatic nitrogens is 4. The number of benzene rings is 2. The smallest absolute Gasteiger partial charge is 0.165 e. The molecule has 0 spiro atoms. The first-order chi connectivity index (χ1) is 11.9. The molecule has 0 aliphatic rings. The van der Waals surface area contributed by atoms with Gasteiger partial charge in [-0.1, -0.05) is 24.3 Å². The zero-order valence-corrected chi connectivity index (χ0v) is 13.9. The molecule has 126 valence electrons. The van der Waals surface area contributed by atoms with E-state index >= 15 is 0 Å². The first-order valence-corrected chi connectivity index (χ1v) is 7.84. The van der Waals surface area contributed by atoms with Crippen molar-refractivity contribution in [2.45, 2.75) is 19.5 Å². The Balaban J connectivity index is 2.15. The second-order valence-corrected chi connectivity index (χ2v) is 6.51. The molecule has 0 radical (unpaired) electrons. The second-order valence-electron chi connectivity index (χ2n) is 6.51. The molecule has 4 N–H and O–H groups in total. The van der Waals surface area contributed by atoms with Crippen LogP contribution in [0.2, 0.25) is 0 Å². The molecule has 6 nitrogen and oxygen atoms in total. The number of nitrogens with two attached hydrogens (primary N) is 2. The van der Waals surface area contributed by atoms with Crippen molar-refractivity contribution in [3.63, 3.8) is 0 Å². The zero-order chi connectivity index (χ0) is 17.8. The Morgan fingerprint density at radius 2 is 1.76 bits per heavy atom. The second kappa shape index (κ2) is 5.22. The predicted octanol–water partition coefficient (Wildman–Crippen LogP) is 3.02. The van der Waals surface area contributed by atoms with Gasteiger partial charge in [0, 0.05) is 10.9 Å². The molecule has 0 aliphatic heterocycles. The topological polar surface area (TPSA) is 95.6 Å². The van der Waals surface area contributed by atoms with Crippen molar-refractivity contribution in [3.8, 4) is 11.3 Å². The van der Waals surface area contributed by atoms with Crippen LogP contribution in [-0.2, 0) is 5.66 Å². The van der Waals surface area contributed by atoms with Gasteiger partial charge in [-0.2, -0.15) is 5.10 Å². The summed E-state index contributed by atoms with van der Waals surface area (Å²) in [5.41, 5.74) is 13.4. The average Bonchev–Trinajstić information content (AvgIpc) is 2.97. The van der Waals surface area contributed by atoms with Crippen LogP contribution < -0.4 is 11.5 Å². The first-order valence-electron chi connectivity index (χ1n) is 7.84. The summed E-state index contributed by atoms with van der Waals surface area (Å²) in [4.78, 5) is 8.39. The van der Waals surface area contributed by atoms with E-state index in [1.807, 2.05) is 26.0 Å². The molecule has 0 fully saturated rings. The molecule has 0 saturated heterocycles. The average molecular weight is 336 g/mol. The molecule has 2 aromatic heterocycles. The van der Waals surface area contributed by atoms with Gasteiger partial charge in [-0.15, -0.1) is 0 Å². The van der Waals surface area contributed by atoms with Gasteiger partial charge in [-0.3, -0.25) is 0 Å². The van der Waals surface area contributed by atoms with Gasteiger partial charge in [0.1, 0.15) is 29.3 Å². The van der Waals surface area contributed by atoms with Gasteiger partial charge in [-0.05, 0) is 31.4 Å². The molecular formula is C18H17FN6. The number of hydrogen-bond donors (Lipinski definition) is 2. The molecule has 7 heteroatoms. The highest BCUT2D eigenvalue weighted by Gasteiger charge is 2.25. The van der Waals surface area contributed by atoms with E-state index in [9.17, 15) is 4.39 Å². The van der Waals surface area contributed by atoms with Crippen LogP contribution in [0, 0.1) is 5.82 Å². The summed E-state index contributed by atoms with van der Waals surface area (Å²) in [6.07, 6.45) is 1.38. The largest absolute Gasteiger partial charge is 0.383 e. The van der Waals surface area contributed by atoms with E-state index in [-0.39, 0.29) is 5.82 Å². The number of rotatable bonds is 2. The van der Waals surface area contributed by atoms with Crippen LogP contribution in [0.1, 0.15) is 13.8 Å². The first kappa shape index (κ1) is 15.5. The zero-order valence-electron chi connectivity index (χ0n) is 13.9. The summed E-state index contributed by atoms with van der Waals surface area (Å²) in [5.74, 6) is 0.0235. The van der Waals surface area contributed by atoms with Crippen LogP contribution in [0.4, 0.5) is 10.2 Å². The van der Waals surface area contributed by atoms with Gasteiger partial charge in [-0.25, -0.2) is 19.0 Å². The molecule has 0 aliphatic carbocycles. The Labute approximate surface area is 143 Å². The standard InChI is InChI=1S/C18H17FN6/c1-18(2,21)25-17-14(16(20)22-9-23-17)15(24-25)12-7-8-13(19)11-6-4-3-5-10(11)12/h3-9H,21H2,1-2H3,(H2,20,22,23). The normalized spacial score (nSPS) is 12.2. The molecule has 0 saturated carbocycles. The number of hydrogen-bond acceptors (Lipinski definition) is 5. The summed E-state index contributed by atoms with van der Waals surface area (Å²) in [7, 11) is 0. The van der Waals surface area contributed by atoms with E-state index in [1.54, 1.807) is 22.9 Å². The molecule has 25 heavy (non-hydrogen) atoms. The number of halogens is 1. The molecule has 0 bridgehead atoms. The Bertz CT molecular complexity index is 1110. The predicted molar refractivity (Wildman–Crippen MR) is 96.1 cm³/mol. The molecule has 0 unspecified atom stereocenters. The fourth-order valence-corrected chi connectivity index (χ4v) is 3.03. The van der Waals surface area contributed by atoms with E-state index in [4.69, 9.17) is 11.5 Å². The van der Waals surface area contributed by atoms with Crippen LogP contribution in [-0.4, -0.2) is 19.7 Å². The minimum Gasteiger partial charge on any atom is -0.383 e. The summed E-state index contributed by atoms with van der Waals surface area (Å²) < 4.78 is 15.8. The van der Waals surface area contributed by atoms with E-state index in [1.165, 1.54) is 12.4 Å². The van der Waals surface area contributed by atoms with Crippen LogP contribution in [0.15, 0.2) is 42.7 Å². The van der Waals surface area contributed by atoms with Crippen molar-refractivity contribution in [1.29, 1.82) is 0 Å². The molecule has 0 amide bonds. The third-order valence-corrected chi connectivity index (χ3v) is 4.17. The van der Waals surface area contributed by atoms with Crippen molar-refractivity contribution in [3.05, 3.63) is 48.5 Å². The van der Waals surface area contributed by atoms with Gasteiger partial charge in [0.15, 0.2) is 5.65 Å². The number of fused-ring (bicyclic) bond motifs is 2. The summed E-state index contributed by atoms with van der Waals surface area (Å²) in [6.45, 7) is 3.65. The molecule has 0 atom stereocenters. The maximum absolute atomic E-state index is 14.2. The van der Waals surface area contributed by atoms with E-state index < -0.39 is 5.66 Å². The van der Waals surface area contributed by atoms with E-state index in [0.717, 1.165) is 10.9 Å². The third kappa shape index (κ3) is 2.32. The lowest BCUT2D eigenvalue weighted by Crippen LogP contribution is -2.37. The Hall–Kier alpha value is -3.06. The minimum absolute atomic E-state index is 0.286. The fourth-order valence-electron chi connectivity index (χ4n) is 3.03. The third-order valence-electron chi connectivity index (χ3n) is 4.17. The lowest BCUT2D eigenvalue weighted by Gasteiger charge is -2.19. The highest BCUT2D eigenvalue weighted by atomic mass is 19.1.